The van der Waals surface area contributed by atoms with E-state index in [9.17, 15) is 22.8 Å². The number of hydrogen-bond donors (Lipinski definition) is 1. The van der Waals surface area contributed by atoms with Gasteiger partial charge in [0.25, 0.3) is 0 Å². The topological polar surface area (TPSA) is 58.6 Å². The van der Waals surface area contributed by atoms with E-state index >= 15 is 0 Å². The Morgan fingerprint density at radius 3 is 2.52 bits per heavy atom. The molecule has 2 heterocycles. The van der Waals surface area contributed by atoms with E-state index in [0.29, 0.717) is 43.1 Å². The highest BCUT2D eigenvalue weighted by Gasteiger charge is 2.44. The number of alkyl halides is 3. The number of rotatable bonds is 1. The van der Waals surface area contributed by atoms with Crippen LogP contribution in [0.3, 0.4) is 0 Å². The lowest BCUT2D eigenvalue weighted by Gasteiger charge is -2.26. The number of halogens is 4. The first-order valence-electron chi connectivity index (χ1n) is 9.88. The minimum absolute atomic E-state index is 0.245. The van der Waals surface area contributed by atoms with Crippen molar-refractivity contribution in [3.05, 3.63) is 58.6 Å². The van der Waals surface area contributed by atoms with Crippen molar-refractivity contribution in [2.24, 2.45) is 0 Å². The van der Waals surface area contributed by atoms with Gasteiger partial charge in [-0.15, -0.1) is 0 Å². The Morgan fingerprint density at radius 2 is 1.81 bits per heavy atom. The molecule has 2 aliphatic rings. The number of anilines is 1. The smallest absolute Gasteiger partial charge is 0.416 e. The number of nitrogens with zero attached hydrogens (tertiary/aromatic N) is 1. The van der Waals surface area contributed by atoms with Gasteiger partial charge in [-0.05, 0) is 55.7 Å². The minimum atomic E-state index is -4.43. The van der Waals surface area contributed by atoms with E-state index in [2.05, 4.69) is 5.32 Å². The Morgan fingerprint density at radius 1 is 1.06 bits per heavy atom. The predicted molar refractivity (Wildman–Crippen MR) is 109 cm³/mol. The Balaban J connectivity index is 1.45. The zero-order valence-corrected chi connectivity index (χ0v) is 17.2. The second kappa shape index (κ2) is 8.07. The lowest BCUT2D eigenvalue weighted by atomic mass is 9.76. The van der Waals surface area contributed by atoms with Crippen LogP contribution < -0.4 is 10.1 Å². The minimum Gasteiger partial charge on any atom is -0.492 e. The average Bonchev–Trinajstić information content (AvgIpc) is 2.94. The molecule has 0 aliphatic carbocycles. The summed E-state index contributed by atoms with van der Waals surface area (Å²) < 4.78 is 44.6. The fourth-order valence-corrected chi connectivity index (χ4v) is 4.35. The van der Waals surface area contributed by atoms with E-state index in [-0.39, 0.29) is 12.4 Å². The van der Waals surface area contributed by atoms with E-state index < -0.39 is 29.0 Å². The van der Waals surface area contributed by atoms with Crippen LogP contribution in [0.4, 0.5) is 18.9 Å². The van der Waals surface area contributed by atoms with Crippen molar-refractivity contribution >= 4 is 29.1 Å². The number of nitrogens with one attached hydrogen (secondary N) is 1. The largest absolute Gasteiger partial charge is 0.492 e. The first kappa shape index (κ1) is 21.5. The van der Waals surface area contributed by atoms with Crippen LogP contribution in [-0.4, -0.2) is 36.4 Å². The van der Waals surface area contributed by atoms with E-state index in [1.807, 2.05) is 0 Å². The highest BCUT2D eigenvalue weighted by atomic mass is 35.5. The van der Waals surface area contributed by atoms with Crippen LogP contribution >= 0.6 is 11.6 Å². The molecule has 1 fully saturated rings. The summed E-state index contributed by atoms with van der Waals surface area (Å²) in [5.41, 5.74) is 0.00173. The number of benzene rings is 2. The number of likely N-dealkylation sites (tertiary alicyclic amines) is 1. The molecule has 31 heavy (non-hydrogen) atoms. The molecule has 4 rings (SSSR count). The molecule has 1 atom stereocenters. The summed E-state index contributed by atoms with van der Waals surface area (Å²) in [6, 6.07) is 10.0. The van der Waals surface area contributed by atoms with Crippen LogP contribution in [-0.2, 0) is 21.2 Å². The Labute approximate surface area is 182 Å². The zero-order chi connectivity index (χ0) is 22.2. The van der Waals surface area contributed by atoms with E-state index in [4.69, 9.17) is 16.3 Å². The third-order valence-corrected chi connectivity index (χ3v) is 6.16. The molecule has 164 valence electrons. The summed E-state index contributed by atoms with van der Waals surface area (Å²) in [6.07, 6.45) is -2.65. The van der Waals surface area contributed by atoms with E-state index in [1.165, 1.54) is 11.0 Å². The highest BCUT2D eigenvalue weighted by molar-refractivity contribution is 6.39. The number of carbonyl (C=O) groups excluding carboxylic acids is 2. The van der Waals surface area contributed by atoms with Crippen molar-refractivity contribution < 1.29 is 27.5 Å². The van der Waals surface area contributed by atoms with Gasteiger partial charge in [0.2, 0.25) is 0 Å². The van der Waals surface area contributed by atoms with Crippen molar-refractivity contribution in [3.8, 4) is 5.75 Å². The predicted octanol–water partition coefficient (Wildman–Crippen LogP) is 4.64. The molecule has 0 aromatic heterocycles. The maximum atomic E-state index is 13.0. The summed E-state index contributed by atoms with van der Waals surface area (Å²) >= 11 is 5.82. The quantitative estimate of drug-likeness (QED) is 0.641. The first-order valence-corrected chi connectivity index (χ1v) is 10.3. The van der Waals surface area contributed by atoms with Crippen molar-refractivity contribution in [1.29, 1.82) is 0 Å². The summed E-state index contributed by atoms with van der Waals surface area (Å²) in [6.45, 7) is 0.976. The van der Waals surface area contributed by atoms with Crippen molar-refractivity contribution in [1.82, 2.24) is 4.90 Å². The lowest BCUT2D eigenvalue weighted by molar-refractivity contribution is -0.143. The lowest BCUT2D eigenvalue weighted by Crippen LogP contribution is -2.41. The monoisotopic (exact) mass is 452 g/mol. The molecular formula is C22H20ClF3N2O3. The first-order chi connectivity index (χ1) is 14.7. The summed E-state index contributed by atoms with van der Waals surface area (Å²) in [4.78, 5) is 26.5. The van der Waals surface area contributed by atoms with Gasteiger partial charge in [-0.3, -0.25) is 9.59 Å². The van der Waals surface area contributed by atoms with Crippen LogP contribution in [0, 0.1) is 0 Å². The molecule has 0 saturated carbocycles. The molecule has 1 saturated heterocycles. The van der Waals surface area contributed by atoms with Crippen molar-refractivity contribution in [2.75, 3.05) is 25.0 Å². The second-order valence-electron chi connectivity index (χ2n) is 7.88. The second-order valence-corrected chi connectivity index (χ2v) is 8.32. The maximum Gasteiger partial charge on any atom is 0.416 e. The summed E-state index contributed by atoms with van der Waals surface area (Å²) in [5.74, 6) is -1.13. The summed E-state index contributed by atoms with van der Waals surface area (Å²) in [7, 11) is 0. The molecule has 2 aromatic carbocycles. The molecule has 2 aromatic rings. The summed E-state index contributed by atoms with van der Waals surface area (Å²) in [5, 5.41) is 3.08. The van der Waals surface area contributed by atoms with Crippen molar-refractivity contribution in [3.63, 3.8) is 0 Å². The van der Waals surface area contributed by atoms with Gasteiger partial charge in [0.15, 0.2) is 0 Å². The SMILES string of the molecule is O=C(Nc1ccc(Cl)cc1)C(=O)N1CCCC2(CC1)COc1cc(C(F)(F)F)ccc12. The average molecular weight is 453 g/mol. The van der Waals surface area contributed by atoms with Crippen LogP contribution in [0.5, 0.6) is 5.75 Å². The zero-order valence-electron chi connectivity index (χ0n) is 16.5. The normalized spacial score (nSPS) is 20.7. The molecule has 1 spiro atoms. The highest BCUT2D eigenvalue weighted by Crippen LogP contribution is 2.47. The molecular weight excluding hydrogens is 433 g/mol. The standard InChI is InChI=1S/C22H20ClF3N2O3/c23-15-3-5-16(6-4-15)27-19(29)20(30)28-10-1-8-21(9-11-28)13-31-18-12-14(22(24,25)26)2-7-17(18)21/h2-7,12H,1,8-11,13H2,(H,27,29). The van der Waals surface area contributed by atoms with Gasteiger partial charge in [0.1, 0.15) is 5.75 Å². The van der Waals surface area contributed by atoms with Gasteiger partial charge in [0, 0.05) is 34.8 Å². The van der Waals surface area contributed by atoms with Crippen LogP contribution in [0.1, 0.15) is 30.4 Å². The number of ether oxygens (including phenoxy) is 1. The molecule has 0 radical (unpaired) electrons. The fourth-order valence-electron chi connectivity index (χ4n) is 4.22. The number of carbonyl (C=O) groups is 2. The number of fused-ring (bicyclic) bond motifs is 2. The van der Waals surface area contributed by atoms with Crippen LogP contribution in [0.25, 0.3) is 0 Å². The maximum absolute atomic E-state index is 13.0. The molecule has 1 unspecified atom stereocenters. The van der Waals surface area contributed by atoms with Gasteiger partial charge in [-0.1, -0.05) is 17.7 Å². The van der Waals surface area contributed by atoms with Gasteiger partial charge < -0.3 is 15.0 Å². The van der Waals surface area contributed by atoms with E-state index in [0.717, 1.165) is 17.7 Å². The Bertz CT molecular complexity index is 1010. The fraction of sp³-hybridized carbons (Fsp3) is 0.364. The number of hydrogen-bond acceptors (Lipinski definition) is 3. The third-order valence-electron chi connectivity index (χ3n) is 5.91. The van der Waals surface area contributed by atoms with Gasteiger partial charge in [-0.2, -0.15) is 13.2 Å². The molecule has 2 amide bonds. The van der Waals surface area contributed by atoms with Gasteiger partial charge in [-0.25, -0.2) is 0 Å². The molecule has 5 nitrogen and oxygen atoms in total. The van der Waals surface area contributed by atoms with Gasteiger partial charge in [0.05, 0.1) is 12.2 Å². The molecule has 9 heteroatoms. The van der Waals surface area contributed by atoms with E-state index in [1.54, 1.807) is 24.3 Å². The molecule has 1 N–H and O–H groups in total. The molecule has 0 bridgehead atoms. The Kier molecular flexibility index (Phi) is 5.60. The number of amides is 2. The Hall–Kier alpha value is -2.74. The third kappa shape index (κ3) is 4.35. The van der Waals surface area contributed by atoms with Crippen LogP contribution in [0.15, 0.2) is 42.5 Å². The van der Waals surface area contributed by atoms with Gasteiger partial charge >= 0.3 is 18.0 Å². The van der Waals surface area contributed by atoms with Crippen molar-refractivity contribution in [2.45, 2.75) is 30.9 Å². The van der Waals surface area contributed by atoms with Crippen LogP contribution in [0.2, 0.25) is 5.02 Å². The molecule has 2 aliphatic heterocycles.